The zero-order valence-electron chi connectivity index (χ0n) is 11.4. The molecule has 2 rings (SSSR count). The molecule has 1 heterocycles. The molecule has 0 aliphatic rings. The summed E-state index contributed by atoms with van der Waals surface area (Å²) < 4.78 is 4.78. The lowest BCUT2D eigenvalue weighted by Crippen LogP contribution is -2.34. The number of aliphatic hydroxyl groups is 1. The minimum absolute atomic E-state index is 0.111. The molecule has 1 atom stereocenters. The van der Waals surface area contributed by atoms with Crippen LogP contribution >= 0.6 is 0 Å². The number of hydrogen-bond donors (Lipinski definition) is 3. The summed E-state index contributed by atoms with van der Waals surface area (Å²) in [4.78, 5) is 19.2. The van der Waals surface area contributed by atoms with Crippen LogP contribution in [0.3, 0.4) is 0 Å². The second kappa shape index (κ2) is 7.02. The molecule has 0 fully saturated rings. The van der Waals surface area contributed by atoms with E-state index in [2.05, 4.69) is 15.3 Å². The van der Waals surface area contributed by atoms with Crippen LogP contribution in [-0.2, 0) is 16.0 Å². The lowest BCUT2D eigenvalue weighted by Gasteiger charge is -2.10. The van der Waals surface area contributed by atoms with Crippen molar-refractivity contribution in [3.05, 3.63) is 30.1 Å². The number of H-pyrrole nitrogens is 1. The van der Waals surface area contributed by atoms with Gasteiger partial charge in [0.2, 0.25) is 5.91 Å². The van der Waals surface area contributed by atoms with E-state index >= 15 is 0 Å². The molecule has 1 aromatic carbocycles. The number of nitrogens with zero attached hydrogens (tertiary/aromatic N) is 1. The summed E-state index contributed by atoms with van der Waals surface area (Å²) in [5.41, 5.74) is 1.87. The molecule has 0 aliphatic heterocycles. The van der Waals surface area contributed by atoms with Crippen molar-refractivity contribution < 1.29 is 14.6 Å². The molecule has 0 aliphatic carbocycles. The maximum absolute atomic E-state index is 11.6. The van der Waals surface area contributed by atoms with Gasteiger partial charge in [-0.05, 0) is 12.1 Å². The van der Waals surface area contributed by atoms with E-state index in [4.69, 9.17) is 4.74 Å². The molecule has 0 bridgehead atoms. The number of rotatable bonds is 7. The molecule has 20 heavy (non-hydrogen) atoms. The molecule has 1 aromatic heterocycles. The lowest BCUT2D eigenvalue weighted by molar-refractivity contribution is -0.121. The van der Waals surface area contributed by atoms with Crippen molar-refractivity contribution in [2.24, 2.45) is 0 Å². The fraction of sp³-hybridized carbons (Fsp3) is 0.429. The Labute approximate surface area is 117 Å². The van der Waals surface area contributed by atoms with Crippen LogP contribution in [0, 0.1) is 0 Å². The van der Waals surface area contributed by atoms with Crippen LogP contribution in [0.5, 0.6) is 0 Å². The minimum Gasteiger partial charge on any atom is -0.389 e. The lowest BCUT2D eigenvalue weighted by atomic mass is 10.2. The Morgan fingerprint density at radius 3 is 3.05 bits per heavy atom. The first-order valence-electron chi connectivity index (χ1n) is 6.56. The third-order valence-electron chi connectivity index (χ3n) is 2.92. The summed E-state index contributed by atoms with van der Waals surface area (Å²) in [5, 5.41) is 12.1. The van der Waals surface area contributed by atoms with Crippen molar-refractivity contribution in [2.75, 3.05) is 20.3 Å². The smallest absolute Gasteiger partial charge is 0.220 e. The first-order chi connectivity index (χ1) is 9.69. The van der Waals surface area contributed by atoms with Gasteiger partial charge in [0.1, 0.15) is 5.82 Å². The Hall–Kier alpha value is -1.92. The summed E-state index contributed by atoms with van der Waals surface area (Å²) in [6.45, 7) is 0.413. The number of aromatic amines is 1. The number of amides is 1. The molecule has 108 valence electrons. The second-order valence-corrected chi connectivity index (χ2v) is 4.61. The molecule has 3 N–H and O–H groups in total. The van der Waals surface area contributed by atoms with Gasteiger partial charge in [0, 0.05) is 26.5 Å². The maximum atomic E-state index is 11.6. The molecule has 0 radical (unpaired) electrons. The summed E-state index contributed by atoms with van der Waals surface area (Å²) in [6.07, 6.45) is 0.204. The van der Waals surface area contributed by atoms with E-state index in [1.54, 1.807) is 0 Å². The standard InChI is InChI=1S/C14H19N3O3/c1-20-9-10(18)8-15-14(19)7-6-13-16-11-4-2-3-5-12(11)17-13/h2-5,10,18H,6-9H2,1H3,(H,15,19)(H,16,17). The Balaban J connectivity index is 1.78. The van der Waals surface area contributed by atoms with E-state index in [0.717, 1.165) is 16.9 Å². The third-order valence-corrected chi connectivity index (χ3v) is 2.92. The van der Waals surface area contributed by atoms with Crippen LogP contribution in [0.4, 0.5) is 0 Å². The number of ether oxygens (including phenoxy) is 1. The summed E-state index contributed by atoms with van der Waals surface area (Å²) in [6, 6.07) is 7.74. The number of nitrogens with one attached hydrogen (secondary N) is 2. The number of fused-ring (bicyclic) bond motifs is 1. The minimum atomic E-state index is -0.671. The van der Waals surface area contributed by atoms with Crippen LogP contribution in [-0.4, -0.2) is 47.3 Å². The number of hydrogen-bond acceptors (Lipinski definition) is 4. The van der Waals surface area contributed by atoms with E-state index in [9.17, 15) is 9.90 Å². The first-order valence-corrected chi connectivity index (χ1v) is 6.56. The highest BCUT2D eigenvalue weighted by Gasteiger charge is 2.08. The van der Waals surface area contributed by atoms with E-state index in [1.807, 2.05) is 24.3 Å². The maximum Gasteiger partial charge on any atom is 0.220 e. The van der Waals surface area contributed by atoms with E-state index < -0.39 is 6.10 Å². The van der Waals surface area contributed by atoms with Crippen LogP contribution in [0.15, 0.2) is 24.3 Å². The van der Waals surface area contributed by atoms with Crippen molar-refractivity contribution >= 4 is 16.9 Å². The van der Waals surface area contributed by atoms with Crippen molar-refractivity contribution in [1.29, 1.82) is 0 Å². The second-order valence-electron chi connectivity index (χ2n) is 4.61. The fourth-order valence-electron chi connectivity index (χ4n) is 1.93. The average molecular weight is 277 g/mol. The molecule has 1 amide bonds. The first kappa shape index (κ1) is 14.5. The van der Waals surface area contributed by atoms with E-state index in [0.29, 0.717) is 12.8 Å². The van der Waals surface area contributed by atoms with E-state index in [1.165, 1.54) is 7.11 Å². The average Bonchev–Trinajstić information content (AvgIpc) is 2.86. The van der Waals surface area contributed by atoms with Crippen LogP contribution in [0.1, 0.15) is 12.2 Å². The number of aromatic nitrogens is 2. The fourth-order valence-corrected chi connectivity index (χ4v) is 1.93. The molecule has 6 nitrogen and oxygen atoms in total. The molecule has 2 aromatic rings. The van der Waals surface area contributed by atoms with Crippen molar-refractivity contribution in [3.63, 3.8) is 0 Å². The van der Waals surface area contributed by atoms with Gasteiger partial charge in [0.25, 0.3) is 0 Å². The molecule has 6 heteroatoms. The Bertz CT molecular complexity index is 535. The van der Waals surface area contributed by atoms with Gasteiger partial charge in [-0.1, -0.05) is 12.1 Å². The number of aryl methyl sites for hydroxylation is 1. The SMILES string of the molecule is COCC(O)CNC(=O)CCc1nc2ccccc2[nH]1. The normalized spacial score (nSPS) is 12.5. The molecule has 1 unspecified atom stereocenters. The predicted molar refractivity (Wildman–Crippen MR) is 75.3 cm³/mol. The van der Waals surface area contributed by atoms with Gasteiger partial charge in [-0.3, -0.25) is 4.79 Å². The molecule has 0 saturated heterocycles. The quantitative estimate of drug-likeness (QED) is 0.692. The molecular weight excluding hydrogens is 258 g/mol. The van der Waals surface area contributed by atoms with Gasteiger partial charge in [-0.25, -0.2) is 4.98 Å². The Kier molecular flexibility index (Phi) is 5.09. The van der Waals surface area contributed by atoms with Gasteiger partial charge in [-0.15, -0.1) is 0 Å². The monoisotopic (exact) mass is 277 g/mol. The van der Waals surface area contributed by atoms with Crippen LogP contribution < -0.4 is 5.32 Å². The largest absolute Gasteiger partial charge is 0.389 e. The van der Waals surface area contributed by atoms with Crippen LogP contribution in [0.25, 0.3) is 11.0 Å². The highest BCUT2D eigenvalue weighted by molar-refractivity contribution is 5.77. The number of benzene rings is 1. The summed E-state index contributed by atoms with van der Waals surface area (Å²) >= 11 is 0. The molecule has 0 saturated carbocycles. The highest BCUT2D eigenvalue weighted by Crippen LogP contribution is 2.11. The topological polar surface area (TPSA) is 87.2 Å². The number of para-hydroxylation sites is 2. The number of carbonyl (C=O) groups excluding carboxylic acids is 1. The third kappa shape index (κ3) is 4.04. The molecular formula is C14H19N3O3. The van der Waals surface area contributed by atoms with Crippen molar-refractivity contribution in [1.82, 2.24) is 15.3 Å². The van der Waals surface area contributed by atoms with Gasteiger partial charge in [0.15, 0.2) is 0 Å². The number of imidazole rings is 1. The van der Waals surface area contributed by atoms with Gasteiger partial charge in [-0.2, -0.15) is 0 Å². The highest BCUT2D eigenvalue weighted by atomic mass is 16.5. The number of methoxy groups -OCH3 is 1. The van der Waals surface area contributed by atoms with Gasteiger partial charge in [0.05, 0.1) is 23.7 Å². The zero-order valence-corrected chi connectivity index (χ0v) is 11.4. The number of aliphatic hydroxyl groups excluding tert-OH is 1. The zero-order chi connectivity index (χ0) is 14.4. The van der Waals surface area contributed by atoms with Gasteiger partial charge < -0.3 is 20.1 Å². The van der Waals surface area contributed by atoms with Crippen LogP contribution in [0.2, 0.25) is 0 Å². The Morgan fingerprint density at radius 1 is 1.50 bits per heavy atom. The van der Waals surface area contributed by atoms with E-state index in [-0.39, 0.29) is 19.1 Å². The summed E-state index contributed by atoms with van der Waals surface area (Å²) in [5.74, 6) is 0.680. The van der Waals surface area contributed by atoms with Crippen molar-refractivity contribution in [3.8, 4) is 0 Å². The Morgan fingerprint density at radius 2 is 2.30 bits per heavy atom. The predicted octanol–water partition coefficient (Wildman–Crippen LogP) is 0.619. The molecule has 0 spiro atoms. The summed E-state index contributed by atoms with van der Waals surface area (Å²) in [7, 11) is 1.51. The van der Waals surface area contributed by atoms with Crippen molar-refractivity contribution in [2.45, 2.75) is 18.9 Å². The number of carbonyl (C=O) groups is 1. The van der Waals surface area contributed by atoms with Gasteiger partial charge >= 0.3 is 0 Å².